The van der Waals surface area contributed by atoms with Crippen LogP contribution in [0.3, 0.4) is 0 Å². The maximum atomic E-state index is 12.9. The molecule has 0 bridgehead atoms. The second-order valence-electron chi connectivity index (χ2n) is 15.5. The maximum absolute atomic E-state index is 12.9. The number of allylic oxidation sites excluding steroid dienone is 3. The second kappa shape index (κ2) is 35.1. The lowest BCUT2D eigenvalue weighted by Crippen LogP contribution is -2.60. The largest absolute Gasteiger partial charge is 0.394 e. The fourth-order valence-corrected chi connectivity index (χ4v) is 6.92. The molecule has 0 saturated carbocycles. The van der Waals surface area contributed by atoms with Gasteiger partial charge in [-0.15, -0.1) is 0 Å². The molecule has 9 heteroatoms. The van der Waals surface area contributed by atoms with E-state index in [9.17, 15) is 30.3 Å². The van der Waals surface area contributed by atoms with Crippen LogP contribution in [0.2, 0.25) is 0 Å². The van der Waals surface area contributed by atoms with Gasteiger partial charge in [0, 0.05) is 6.42 Å². The fraction of sp³-hybridized carbons (Fsp3) is 0.886. The van der Waals surface area contributed by atoms with Crippen molar-refractivity contribution in [1.29, 1.82) is 0 Å². The molecule has 7 atom stereocenters. The molecule has 1 amide bonds. The van der Waals surface area contributed by atoms with Crippen LogP contribution >= 0.6 is 0 Å². The molecule has 53 heavy (non-hydrogen) atoms. The number of unbranched alkanes of at least 4 members (excludes halogenated alkanes) is 24. The van der Waals surface area contributed by atoms with E-state index >= 15 is 0 Å². The van der Waals surface area contributed by atoms with Gasteiger partial charge in [0.25, 0.3) is 0 Å². The van der Waals surface area contributed by atoms with Crippen molar-refractivity contribution in [1.82, 2.24) is 5.32 Å². The van der Waals surface area contributed by atoms with Crippen LogP contribution in [0.5, 0.6) is 0 Å². The Morgan fingerprint density at radius 3 is 1.60 bits per heavy atom. The highest BCUT2D eigenvalue weighted by molar-refractivity contribution is 5.76. The van der Waals surface area contributed by atoms with E-state index in [-0.39, 0.29) is 12.5 Å². The quantitative estimate of drug-likeness (QED) is 0.0275. The van der Waals surface area contributed by atoms with Crippen LogP contribution < -0.4 is 5.32 Å². The molecule has 0 aromatic rings. The summed E-state index contributed by atoms with van der Waals surface area (Å²) in [4.78, 5) is 12.9. The summed E-state index contributed by atoms with van der Waals surface area (Å²) in [5.74, 6) is -0.179. The minimum Gasteiger partial charge on any atom is -0.394 e. The lowest BCUT2D eigenvalue weighted by atomic mass is 9.99. The third-order valence-corrected chi connectivity index (χ3v) is 10.5. The van der Waals surface area contributed by atoms with Crippen LogP contribution in [0, 0.1) is 0 Å². The first-order valence-corrected chi connectivity index (χ1v) is 22.1. The molecule has 9 nitrogen and oxygen atoms in total. The molecule has 1 saturated heterocycles. The highest BCUT2D eigenvalue weighted by Gasteiger charge is 2.44. The van der Waals surface area contributed by atoms with E-state index in [2.05, 4.69) is 31.3 Å². The lowest BCUT2D eigenvalue weighted by molar-refractivity contribution is -0.302. The van der Waals surface area contributed by atoms with E-state index in [0.717, 1.165) is 44.9 Å². The SMILES string of the molecule is CCC/C=C\CCCCCCCC/C=C/[C@@H](O)[C@H](CO[C@@H]1O[C@H](CO)[C@H](O)[C@H](O)[C@H]1O)NC(=O)CCCCCCCCCCCCCCCCCCC. The molecule has 0 unspecified atom stereocenters. The van der Waals surface area contributed by atoms with E-state index in [1.807, 2.05) is 6.08 Å². The smallest absolute Gasteiger partial charge is 0.220 e. The minimum absolute atomic E-state index is 0.179. The minimum atomic E-state index is -1.56. The molecule has 1 fully saturated rings. The van der Waals surface area contributed by atoms with Crippen LogP contribution in [0.25, 0.3) is 0 Å². The number of carbonyl (C=O) groups excluding carboxylic acids is 1. The zero-order chi connectivity index (χ0) is 38.8. The first kappa shape index (κ1) is 49.7. The summed E-state index contributed by atoms with van der Waals surface area (Å²) >= 11 is 0. The number of hydrogen-bond donors (Lipinski definition) is 6. The molecule has 0 aliphatic carbocycles. The lowest BCUT2D eigenvalue weighted by Gasteiger charge is -2.40. The van der Waals surface area contributed by atoms with Gasteiger partial charge in [-0.1, -0.05) is 173 Å². The zero-order valence-electron chi connectivity index (χ0n) is 34.0. The number of ether oxygens (including phenoxy) is 2. The van der Waals surface area contributed by atoms with Crippen molar-refractivity contribution < 1.29 is 39.8 Å². The molecular weight excluding hydrogens is 670 g/mol. The van der Waals surface area contributed by atoms with Gasteiger partial charge in [0.05, 0.1) is 25.4 Å². The maximum Gasteiger partial charge on any atom is 0.220 e. The van der Waals surface area contributed by atoms with Crippen molar-refractivity contribution in [3.63, 3.8) is 0 Å². The van der Waals surface area contributed by atoms with Crippen LogP contribution in [0.15, 0.2) is 24.3 Å². The Labute approximate surface area is 324 Å². The zero-order valence-corrected chi connectivity index (χ0v) is 34.0. The molecule has 0 aromatic carbocycles. The molecular formula is C44H83NO8. The van der Waals surface area contributed by atoms with Crippen molar-refractivity contribution in [3.05, 3.63) is 24.3 Å². The normalized spacial score (nSPS) is 21.8. The van der Waals surface area contributed by atoms with Crippen molar-refractivity contribution >= 4 is 5.91 Å². The number of hydrogen-bond acceptors (Lipinski definition) is 8. The average Bonchev–Trinajstić information content (AvgIpc) is 3.16. The Hall–Kier alpha value is -1.33. The first-order valence-electron chi connectivity index (χ1n) is 22.1. The topological polar surface area (TPSA) is 149 Å². The van der Waals surface area contributed by atoms with Crippen molar-refractivity contribution in [2.24, 2.45) is 0 Å². The van der Waals surface area contributed by atoms with Crippen molar-refractivity contribution in [2.75, 3.05) is 13.2 Å². The number of aliphatic hydroxyl groups is 5. The fourth-order valence-electron chi connectivity index (χ4n) is 6.92. The molecule has 1 aliphatic heterocycles. The van der Waals surface area contributed by atoms with Crippen LogP contribution in [-0.2, 0) is 14.3 Å². The number of aliphatic hydroxyl groups excluding tert-OH is 5. The summed E-state index contributed by atoms with van der Waals surface area (Å²) in [6, 6.07) is -0.803. The van der Waals surface area contributed by atoms with E-state index in [1.54, 1.807) is 6.08 Å². The molecule has 6 N–H and O–H groups in total. The Bertz CT molecular complexity index is 883. The number of amides is 1. The van der Waals surface area contributed by atoms with Crippen LogP contribution in [-0.4, -0.2) is 87.5 Å². The van der Waals surface area contributed by atoms with Gasteiger partial charge in [-0.2, -0.15) is 0 Å². The van der Waals surface area contributed by atoms with Gasteiger partial charge in [0.2, 0.25) is 5.91 Å². The Balaban J connectivity index is 2.36. The van der Waals surface area contributed by atoms with Gasteiger partial charge >= 0.3 is 0 Å². The van der Waals surface area contributed by atoms with Gasteiger partial charge in [-0.25, -0.2) is 0 Å². The highest BCUT2D eigenvalue weighted by Crippen LogP contribution is 2.22. The molecule has 0 aromatic heterocycles. The van der Waals surface area contributed by atoms with Crippen molar-refractivity contribution in [2.45, 2.75) is 236 Å². The monoisotopic (exact) mass is 754 g/mol. The molecule has 0 radical (unpaired) electrons. The highest BCUT2D eigenvalue weighted by atomic mass is 16.7. The Morgan fingerprint density at radius 2 is 1.09 bits per heavy atom. The van der Waals surface area contributed by atoms with Crippen molar-refractivity contribution in [3.8, 4) is 0 Å². The summed E-state index contributed by atoms with van der Waals surface area (Å²) in [5, 5.41) is 54.1. The van der Waals surface area contributed by atoms with E-state index in [0.29, 0.717) is 6.42 Å². The molecule has 1 aliphatic rings. The first-order chi connectivity index (χ1) is 25.8. The Morgan fingerprint density at radius 1 is 0.623 bits per heavy atom. The standard InChI is InChI=1S/C44H83NO8/c1-3-5-7-9-11-13-15-17-18-19-20-22-24-26-28-30-32-34-40(48)45-37(36-52-44-43(51)42(50)41(49)39(35-46)53-44)38(47)33-31-29-27-25-23-21-16-14-12-10-8-6-4-2/h8,10,31,33,37-39,41-44,46-47,49-51H,3-7,9,11-30,32,34-36H2,1-2H3,(H,45,48)/b10-8-,33-31+/t37-,38+,39+,41-,42-,43+,44+/m0/s1. The molecule has 1 rings (SSSR count). The van der Waals surface area contributed by atoms with Gasteiger partial charge in [0.15, 0.2) is 6.29 Å². The molecule has 1 heterocycles. The van der Waals surface area contributed by atoms with Crippen LogP contribution in [0.4, 0.5) is 0 Å². The predicted octanol–water partition coefficient (Wildman–Crippen LogP) is 8.72. The van der Waals surface area contributed by atoms with Gasteiger partial charge in [-0.3, -0.25) is 4.79 Å². The van der Waals surface area contributed by atoms with Gasteiger partial charge < -0.3 is 40.3 Å². The average molecular weight is 754 g/mol. The summed E-state index contributed by atoms with van der Waals surface area (Å²) < 4.78 is 11.2. The van der Waals surface area contributed by atoms with Gasteiger partial charge in [-0.05, 0) is 38.5 Å². The van der Waals surface area contributed by atoms with E-state index in [4.69, 9.17) is 9.47 Å². The summed E-state index contributed by atoms with van der Waals surface area (Å²) in [6.07, 6.45) is 33.6. The number of rotatable bonds is 36. The molecule has 0 spiro atoms. The van der Waals surface area contributed by atoms with E-state index in [1.165, 1.54) is 128 Å². The number of nitrogens with one attached hydrogen (secondary N) is 1. The van der Waals surface area contributed by atoms with E-state index < -0.39 is 49.5 Å². The Kier molecular flexibility index (Phi) is 32.9. The third kappa shape index (κ3) is 26.2. The third-order valence-electron chi connectivity index (χ3n) is 10.5. The van der Waals surface area contributed by atoms with Crippen LogP contribution in [0.1, 0.15) is 194 Å². The summed E-state index contributed by atoms with van der Waals surface area (Å²) in [7, 11) is 0. The number of carbonyl (C=O) groups is 1. The summed E-state index contributed by atoms with van der Waals surface area (Å²) in [5.41, 5.74) is 0. The summed E-state index contributed by atoms with van der Waals surface area (Å²) in [6.45, 7) is 3.71. The second-order valence-corrected chi connectivity index (χ2v) is 15.5. The predicted molar refractivity (Wildman–Crippen MR) is 217 cm³/mol. The van der Waals surface area contributed by atoms with Gasteiger partial charge in [0.1, 0.15) is 24.4 Å². The molecule has 312 valence electrons.